The van der Waals surface area contributed by atoms with Crippen LogP contribution in [-0.4, -0.2) is 69.3 Å². The van der Waals surface area contributed by atoms with E-state index < -0.39 is 0 Å². The highest BCUT2D eigenvalue weighted by Crippen LogP contribution is 2.09. The Bertz CT molecular complexity index is 137. The van der Waals surface area contributed by atoms with Crippen molar-refractivity contribution in [3.05, 3.63) is 0 Å². The number of rotatable bonds is 6. The lowest BCUT2D eigenvalue weighted by Crippen LogP contribution is -2.52. The van der Waals surface area contributed by atoms with Gasteiger partial charge in [0.1, 0.15) is 0 Å². The highest BCUT2D eigenvalue weighted by molar-refractivity contribution is 4.77. The van der Waals surface area contributed by atoms with Crippen LogP contribution in [0.3, 0.4) is 0 Å². The van der Waals surface area contributed by atoms with Crippen molar-refractivity contribution in [2.75, 3.05) is 53.5 Å². The molecule has 1 aliphatic rings. The van der Waals surface area contributed by atoms with Crippen molar-refractivity contribution in [3.8, 4) is 0 Å². The molecule has 1 aliphatic heterocycles. The minimum atomic E-state index is 0.614. The molecule has 4 heteroatoms. The molecule has 0 amide bonds. The van der Waals surface area contributed by atoms with E-state index in [2.05, 4.69) is 23.9 Å². The summed E-state index contributed by atoms with van der Waals surface area (Å²) in [6, 6.07) is 0.614. The predicted molar refractivity (Wildman–Crippen MR) is 53.8 cm³/mol. The molecule has 0 aromatic heterocycles. The maximum atomic E-state index is 5.56. The van der Waals surface area contributed by atoms with Gasteiger partial charge >= 0.3 is 0 Å². The molecule has 0 atom stereocenters. The Hall–Kier alpha value is -0.160. The van der Waals surface area contributed by atoms with E-state index in [0.29, 0.717) is 6.04 Å². The van der Waals surface area contributed by atoms with Crippen LogP contribution < -0.4 is 5.73 Å². The number of likely N-dealkylation sites (N-methyl/N-ethyl adjacent to an activating group) is 1. The zero-order valence-electron chi connectivity index (χ0n) is 8.70. The molecule has 0 radical (unpaired) electrons. The van der Waals surface area contributed by atoms with Crippen molar-refractivity contribution in [2.24, 2.45) is 5.73 Å². The van der Waals surface area contributed by atoms with E-state index in [1.54, 1.807) is 0 Å². The first-order valence-electron chi connectivity index (χ1n) is 4.90. The van der Waals surface area contributed by atoms with Gasteiger partial charge in [-0.05, 0) is 14.1 Å². The fourth-order valence-corrected chi connectivity index (χ4v) is 1.41. The number of ether oxygens (including phenoxy) is 1. The molecular formula is C9H21N3O. The third kappa shape index (κ3) is 3.60. The topological polar surface area (TPSA) is 41.7 Å². The smallest absolute Gasteiger partial charge is 0.0645 e. The van der Waals surface area contributed by atoms with Crippen LogP contribution in [0.2, 0.25) is 0 Å². The Morgan fingerprint density at radius 3 is 2.31 bits per heavy atom. The van der Waals surface area contributed by atoms with Gasteiger partial charge in [0.05, 0.1) is 19.3 Å². The molecule has 0 bridgehead atoms. The quantitative estimate of drug-likeness (QED) is 0.591. The van der Waals surface area contributed by atoms with Crippen molar-refractivity contribution in [2.45, 2.75) is 6.04 Å². The summed E-state index contributed by atoms with van der Waals surface area (Å²) in [7, 11) is 4.19. The second-order valence-electron chi connectivity index (χ2n) is 3.82. The fourth-order valence-electron chi connectivity index (χ4n) is 1.41. The normalized spacial score (nSPS) is 18.2. The van der Waals surface area contributed by atoms with Crippen LogP contribution in [0.15, 0.2) is 0 Å². The summed E-state index contributed by atoms with van der Waals surface area (Å²) >= 11 is 0. The summed E-state index contributed by atoms with van der Waals surface area (Å²) in [6.07, 6.45) is 0. The minimum absolute atomic E-state index is 0.614. The average molecular weight is 187 g/mol. The molecule has 0 spiro atoms. The molecular weight excluding hydrogens is 166 g/mol. The summed E-state index contributed by atoms with van der Waals surface area (Å²) in [4.78, 5) is 4.62. The van der Waals surface area contributed by atoms with Gasteiger partial charge in [-0.2, -0.15) is 0 Å². The van der Waals surface area contributed by atoms with E-state index in [0.717, 1.165) is 39.4 Å². The van der Waals surface area contributed by atoms with Gasteiger partial charge in [-0.3, -0.25) is 4.90 Å². The van der Waals surface area contributed by atoms with Crippen LogP contribution in [0.1, 0.15) is 0 Å². The standard InChI is InChI=1S/C9H21N3O/c1-11(2)5-6-12(4-3-10)9-7-13-8-9/h9H,3-8,10H2,1-2H3. The van der Waals surface area contributed by atoms with E-state index in [9.17, 15) is 0 Å². The summed E-state index contributed by atoms with van der Waals surface area (Å²) < 4.78 is 5.17. The second kappa shape index (κ2) is 5.54. The van der Waals surface area contributed by atoms with Gasteiger partial charge in [-0.1, -0.05) is 0 Å². The first kappa shape index (κ1) is 10.9. The van der Waals surface area contributed by atoms with Crippen LogP contribution in [0.5, 0.6) is 0 Å². The molecule has 1 saturated heterocycles. The summed E-state index contributed by atoms with van der Waals surface area (Å²) in [5.74, 6) is 0. The van der Waals surface area contributed by atoms with Gasteiger partial charge in [-0.15, -0.1) is 0 Å². The Morgan fingerprint density at radius 2 is 1.92 bits per heavy atom. The van der Waals surface area contributed by atoms with Crippen LogP contribution in [0.25, 0.3) is 0 Å². The Kier molecular flexibility index (Phi) is 4.66. The van der Waals surface area contributed by atoms with Gasteiger partial charge in [0.25, 0.3) is 0 Å². The minimum Gasteiger partial charge on any atom is -0.378 e. The van der Waals surface area contributed by atoms with Gasteiger partial charge in [-0.25, -0.2) is 0 Å². The molecule has 1 rings (SSSR count). The zero-order chi connectivity index (χ0) is 9.68. The van der Waals surface area contributed by atoms with Gasteiger partial charge < -0.3 is 15.4 Å². The zero-order valence-corrected chi connectivity index (χ0v) is 8.70. The number of hydrogen-bond donors (Lipinski definition) is 1. The molecule has 0 unspecified atom stereocenters. The molecule has 1 heterocycles. The number of nitrogens with zero attached hydrogens (tertiary/aromatic N) is 2. The average Bonchev–Trinajstić information content (AvgIpc) is 1.97. The van der Waals surface area contributed by atoms with Crippen LogP contribution in [-0.2, 0) is 4.74 Å². The first-order valence-corrected chi connectivity index (χ1v) is 4.90. The molecule has 0 saturated carbocycles. The maximum absolute atomic E-state index is 5.56. The highest BCUT2D eigenvalue weighted by atomic mass is 16.5. The van der Waals surface area contributed by atoms with E-state index in [1.165, 1.54) is 0 Å². The summed E-state index contributed by atoms with van der Waals surface area (Å²) in [5, 5.41) is 0. The van der Waals surface area contributed by atoms with Gasteiger partial charge in [0.15, 0.2) is 0 Å². The number of hydrogen-bond acceptors (Lipinski definition) is 4. The molecule has 1 fully saturated rings. The molecule has 2 N–H and O–H groups in total. The Morgan fingerprint density at radius 1 is 1.23 bits per heavy atom. The lowest BCUT2D eigenvalue weighted by molar-refractivity contribution is -0.0648. The highest BCUT2D eigenvalue weighted by Gasteiger charge is 2.24. The molecule has 4 nitrogen and oxygen atoms in total. The first-order chi connectivity index (χ1) is 6.24. The van der Waals surface area contributed by atoms with Crippen LogP contribution in [0, 0.1) is 0 Å². The lowest BCUT2D eigenvalue weighted by Gasteiger charge is -2.37. The largest absolute Gasteiger partial charge is 0.378 e. The van der Waals surface area contributed by atoms with E-state index >= 15 is 0 Å². The molecule has 78 valence electrons. The predicted octanol–water partition coefficient (Wildman–Crippen LogP) is -0.792. The second-order valence-corrected chi connectivity index (χ2v) is 3.82. The monoisotopic (exact) mass is 187 g/mol. The van der Waals surface area contributed by atoms with Crippen LogP contribution >= 0.6 is 0 Å². The maximum Gasteiger partial charge on any atom is 0.0645 e. The summed E-state index contributed by atoms with van der Waals surface area (Å²) in [5.41, 5.74) is 5.56. The molecule has 0 aromatic rings. The number of nitrogens with two attached hydrogens (primary N) is 1. The van der Waals surface area contributed by atoms with Crippen molar-refractivity contribution < 1.29 is 4.74 Å². The van der Waals surface area contributed by atoms with Crippen LogP contribution in [0.4, 0.5) is 0 Å². The van der Waals surface area contributed by atoms with E-state index in [1.807, 2.05) is 0 Å². The Labute approximate surface area is 80.6 Å². The van der Waals surface area contributed by atoms with Crippen molar-refractivity contribution in [3.63, 3.8) is 0 Å². The van der Waals surface area contributed by atoms with Gasteiger partial charge in [0.2, 0.25) is 0 Å². The molecule has 0 aliphatic carbocycles. The summed E-state index contributed by atoms with van der Waals surface area (Å²) in [6.45, 7) is 5.68. The van der Waals surface area contributed by atoms with Gasteiger partial charge in [0, 0.05) is 26.2 Å². The van der Waals surface area contributed by atoms with Crippen molar-refractivity contribution >= 4 is 0 Å². The Balaban J connectivity index is 2.20. The van der Waals surface area contributed by atoms with E-state index in [4.69, 9.17) is 10.5 Å². The van der Waals surface area contributed by atoms with Crippen molar-refractivity contribution in [1.29, 1.82) is 0 Å². The SMILES string of the molecule is CN(C)CCN(CCN)C1COC1. The molecule has 13 heavy (non-hydrogen) atoms. The lowest BCUT2D eigenvalue weighted by atomic mass is 10.2. The third-order valence-electron chi connectivity index (χ3n) is 2.39. The fraction of sp³-hybridized carbons (Fsp3) is 1.00. The molecule has 0 aromatic carbocycles. The van der Waals surface area contributed by atoms with E-state index in [-0.39, 0.29) is 0 Å². The third-order valence-corrected chi connectivity index (χ3v) is 2.39. The van der Waals surface area contributed by atoms with Crippen molar-refractivity contribution in [1.82, 2.24) is 9.80 Å².